The van der Waals surface area contributed by atoms with Crippen molar-refractivity contribution in [3.05, 3.63) is 58.6 Å². The predicted molar refractivity (Wildman–Crippen MR) is 124 cm³/mol. The fourth-order valence-electron chi connectivity index (χ4n) is 4.14. The van der Waals surface area contributed by atoms with Crippen molar-refractivity contribution in [2.45, 2.75) is 52.2 Å². The number of hydrogen-bond acceptors (Lipinski definition) is 4. The lowest BCUT2D eigenvalue weighted by molar-refractivity contribution is -0.162. The van der Waals surface area contributed by atoms with Gasteiger partial charge in [-0.05, 0) is 36.1 Å². The number of para-hydroxylation sites is 1. The van der Waals surface area contributed by atoms with Gasteiger partial charge in [-0.1, -0.05) is 57.5 Å². The molecule has 7 heteroatoms. The van der Waals surface area contributed by atoms with Crippen molar-refractivity contribution in [3.8, 4) is 5.75 Å². The Hall–Kier alpha value is -2.57. The highest BCUT2D eigenvalue weighted by atomic mass is 35.5. The predicted octanol–water partition coefficient (Wildman–Crippen LogP) is 5.47. The van der Waals surface area contributed by atoms with Crippen LogP contribution in [0.25, 0.3) is 0 Å². The first-order valence-electron chi connectivity index (χ1n) is 10.7. The average molecular weight is 460 g/mol. The van der Waals surface area contributed by atoms with Gasteiger partial charge in [-0.25, -0.2) is 0 Å². The normalized spacial score (nSPS) is 21.1. The van der Waals surface area contributed by atoms with Crippen LogP contribution >= 0.6 is 11.6 Å². The number of methoxy groups -OCH3 is 1. The van der Waals surface area contributed by atoms with Gasteiger partial charge in [-0.2, -0.15) is 0 Å². The first kappa shape index (κ1) is 24.1. The highest BCUT2D eigenvalue weighted by molar-refractivity contribution is 6.30. The molecule has 0 aliphatic carbocycles. The number of rotatable bonds is 6. The Labute approximate surface area is 194 Å². The Morgan fingerprint density at radius 2 is 1.91 bits per heavy atom. The topological polar surface area (TPSA) is 76.1 Å². The molecule has 0 saturated heterocycles. The molecule has 1 aliphatic rings. The van der Waals surface area contributed by atoms with E-state index in [1.54, 1.807) is 37.1 Å². The summed E-state index contributed by atoms with van der Waals surface area (Å²) >= 11 is 6.38. The van der Waals surface area contributed by atoms with E-state index in [-0.39, 0.29) is 17.7 Å². The summed E-state index contributed by atoms with van der Waals surface area (Å²) in [6, 6.07) is 12.7. The van der Waals surface area contributed by atoms with Crippen LogP contribution in [0.1, 0.15) is 57.8 Å². The van der Waals surface area contributed by atoms with Crippen LogP contribution in [0.4, 0.5) is 5.69 Å². The molecule has 32 heavy (non-hydrogen) atoms. The smallest absolute Gasteiger partial charge is 0.306 e. The zero-order chi connectivity index (χ0) is 23.7. The molecule has 2 aromatic rings. The number of benzene rings is 2. The monoisotopic (exact) mass is 459 g/mol. The van der Waals surface area contributed by atoms with Crippen LogP contribution in [-0.2, 0) is 14.3 Å². The van der Waals surface area contributed by atoms with Crippen LogP contribution in [-0.4, -0.2) is 36.2 Å². The molecule has 0 aromatic heterocycles. The number of anilines is 1. The van der Waals surface area contributed by atoms with Gasteiger partial charge >= 0.3 is 5.97 Å². The molecule has 0 saturated carbocycles. The molecule has 1 aliphatic heterocycles. The molecular formula is C25H30ClNO5. The molecule has 2 atom stereocenters. The van der Waals surface area contributed by atoms with Crippen LogP contribution in [0.3, 0.4) is 0 Å². The third-order valence-electron chi connectivity index (χ3n) is 5.60. The van der Waals surface area contributed by atoms with Gasteiger partial charge in [0, 0.05) is 28.4 Å². The van der Waals surface area contributed by atoms with E-state index in [2.05, 4.69) is 0 Å². The zero-order valence-corrected chi connectivity index (χ0v) is 19.9. The molecule has 0 bridgehead atoms. The summed E-state index contributed by atoms with van der Waals surface area (Å²) < 4.78 is 12.1. The van der Waals surface area contributed by atoms with Gasteiger partial charge in [0.2, 0.25) is 0 Å². The lowest BCUT2D eigenvalue weighted by atomic mass is 9.91. The molecule has 2 aromatic carbocycles. The lowest BCUT2D eigenvalue weighted by Gasteiger charge is -2.36. The minimum atomic E-state index is -1.55. The number of carbonyl (C=O) groups is 2. The number of hydrogen-bond donors (Lipinski definition) is 1. The Morgan fingerprint density at radius 3 is 2.50 bits per heavy atom. The largest absolute Gasteiger partial charge is 0.496 e. The van der Waals surface area contributed by atoms with Crippen molar-refractivity contribution in [1.29, 1.82) is 0 Å². The van der Waals surface area contributed by atoms with Crippen molar-refractivity contribution in [2.75, 3.05) is 18.6 Å². The number of carboxylic acids is 1. The van der Waals surface area contributed by atoms with Crippen molar-refractivity contribution in [1.82, 2.24) is 0 Å². The second-order valence-electron chi connectivity index (χ2n) is 9.31. The lowest BCUT2D eigenvalue weighted by Crippen LogP contribution is -2.52. The molecule has 3 rings (SSSR count). The highest BCUT2D eigenvalue weighted by Crippen LogP contribution is 2.46. The fourth-order valence-corrected chi connectivity index (χ4v) is 4.32. The summed E-state index contributed by atoms with van der Waals surface area (Å²) in [5, 5.41) is 10.2. The number of carbonyl (C=O) groups excluding carboxylic acids is 1. The summed E-state index contributed by atoms with van der Waals surface area (Å²) in [7, 11) is 1.57. The zero-order valence-electron chi connectivity index (χ0n) is 19.1. The summed E-state index contributed by atoms with van der Waals surface area (Å²) in [6.45, 7) is 8.26. The van der Waals surface area contributed by atoms with E-state index in [1.165, 1.54) is 0 Å². The van der Waals surface area contributed by atoms with E-state index in [0.717, 1.165) is 0 Å². The number of nitrogens with zero attached hydrogens (tertiary/aromatic N) is 1. The second-order valence-corrected chi connectivity index (χ2v) is 9.75. The number of aliphatic carboxylic acids is 1. The van der Waals surface area contributed by atoms with Crippen molar-refractivity contribution in [2.24, 2.45) is 5.41 Å². The molecule has 1 N–H and O–H groups in total. The summed E-state index contributed by atoms with van der Waals surface area (Å²) in [5.74, 6) is -0.877. The van der Waals surface area contributed by atoms with E-state index >= 15 is 0 Å². The maximum Gasteiger partial charge on any atom is 0.306 e. The quantitative estimate of drug-likeness (QED) is 0.619. The number of amides is 1. The molecule has 1 heterocycles. The van der Waals surface area contributed by atoms with E-state index < -0.39 is 24.1 Å². The van der Waals surface area contributed by atoms with E-state index in [9.17, 15) is 14.7 Å². The molecule has 172 valence electrons. The maximum atomic E-state index is 14.0. The number of ether oxygens (including phenoxy) is 2. The first-order chi connectivity index (χ1) is 15.0. The standard InChI is InChI=1S/C25H30ClNO5/c1-6-25(14-21(28)29)23(30)27(15-24(2,3)4)19-12-11-16(26)13-18(19)22(32-25)17-9-7-8-10-20(17)31-5/h7-13,22H,6,14-15H2,1-5H3,(H,28,29). The van der Waals surface area contributed by atoms with Gasteiger partial charge in [0.1, 0.15) is 11.9 Å². The van der Waals surface area contributed by atoms with E-state index in [4.69, 9.17) is 21.1 Å². The average Bonchev–Trinajstić information content (AvgIpc) is 2.81. The molecule has 2 unspecified atom stereocenters. The van der Waals surface area contributed by atoms with Crippen molar-refractivity contribution >= 4 is 29.2 Å². The van der Waals surface area contributed by atoms with Crippen LogP contribution in [0.5, 0.6) is 5.75 Å². The van der Waals surface area contributed by atoms with Gasteiger partial charge in [-0.3, -0.25) is 9.59 Å². The summed E-state index contributed by atoms with van der Waals surface area (Å²) in [6.07, 6.45) is -0.990. The molecule has 0 radical (unpaired) electrons. The van der Waals surface area contributed by atoms with Crippen LogP contribution in [0.15, 0.2) is 42.5 Å². The Balaban J connectivity index is 2.33. The SMILES string of the molecule is CCC1(CC(=O)O)OC(c2ccccc2OC)c2cc(Cl)ccc2N(CC(C)(C)C)C1=O. The summed E-state index contributed by atoms with van der Waals surface area (Å²) in [4.78, 5) is 27.5. The van der Waals surface area contributed by atoms with Gasteiger partial charge in [0.05, 0.1) is 13.5 Å². The minimum Gasteiger partial charge on any atom is -0.496 e. The summed E-state index contributed by atoms with van der Waals surface area (Å²) in [5.41, 5.74) is 0.270. The molecule has 0 fully saturated rings. The van der Waals surface area contributed by atoms with E-state index in [0.29, 0.717) is 34.1 Å². The minimum absolute atomic E-state index is 0.201. The van der Waals surface area contributed by atoms with Gasteiger partial charge < -0.3 is 19.5 Å². The van der Waals surface area contributed by atoms with Crippen LogP contribution in [0, 0.1) is 5.41 Å². The molecule has 0 spiro atoms. The van der Waals surface area contributed by atoms with Crippen LogP contribution in [0.2, 0.25) is 5.02 Å². The van der Waals surface area contributed by atoms with Gasteiger partial charge in [0.15, 0.2) is 5.60 Å². The Morgan fingerprint density at radius 1 is 1.22 bits per heavy atom. The van der Waals surface area contributed by atoms with Gasteiger partial charge in [0.25, 0.3) is 5.91 Å². The number of fused-ring (bicyclic) bond motifs is 1. The van der Waals surface area contributed by atoms with E-state index in [1.807, 2.05) is 45.0 Å². The molecular weight excluding hydrogens is 430 g/mol. The van der Waals surface area contributed by atoms with Crippen molar-refractivity contribution < 1.29 is 24.2 Å². The number of halogens is 1. The fraction of sp³-hybridized carbons (Fsp3) is 0.440. The highest BCUT2D eigenvalue weighted by Gasteiger charge is 2.49. The first-order valence-corrected chi connectivity index (χ1v) is 11.0. The van der Waals surface area contributed by atoms with Crippen LogP contribution < -0.4 is 9.64 Å². The Kier molecular flexibility index (Phi) is 6.86. The maximum absolute atomic E-state index is 14.0. The molecule has 1 amide bonds. The van der Waals surface area contributed by atoms with Crippen molar-refractivity contribution in [3.63, 3.8) is 0 Å². The van der Waals surface area contributed by atoms with Gasteiger partial charge in [-0.15, -0.1) is 0 Å². The number of carboxylic acid groups (broad SMARTS) is 1. The second kappa shape index (κ2) is 9.12. The Bertz CT molecular complexity index is 1020. The third-order valence-corrected chi connectivity index (χ3v) is 5.84. The molecule has 6 nitrogen and oxygen atoms in total. The third kappa shape index (κ3) is 4.76.